The number of hydrogen-bond acceptors (Lipinski definition) is 4. The molecule has 0 aliphatic rings. The Morgan fingerprint density at radius 2 is 1.16 bits per heavy atom. The number of fused-ring (bicyclic) bond motifs is 5. The zero-order valence-electron chi connectivity index (χ0n) is 27.5. The summed E-state index contributed by atoms with van der Waals surface area (Å²) < 4.78 is 8.68. The quantitative estimate of drug-likeness (QED) is 0.176. The molecule has 2 aromatic heterocycles. The molecule has 0 N–H and O–H groups in total. The first kappa shape index (κ1) is 29.4. The molecule has 10 aromatic rings. The minimum absolute atomic E-state index is 0.648. The largest absolute Gasteiger partial charge is 0.436 e. The van der Waals surface area contributed by atoms with Crippen LogP contribution in [0.5, 0.6) is 0 Å². The van der Waals surface area contributed by atoms with Gasteiger partial charge >= 0.3 is 0 Å². The molecule has 240 valence electrons. The average molecular weight is 671 g/mol. The first-order valence-electron chi connectivity index (χ1n) is 17.1. The number of hydrogen-bond donors (Lipinski definition) is 0. The molecule has 0 bridgehead atoms. The molecule has 10 rings (SSSR count). The van der Waals surface area contributed by atoms with Gasteiger partial charge in [0.2, 0.25) is 5.89 Å². The first-order chi connectivity index (χ1) is 25.3. The zero-order valence-corrected chi connectivity index (χ0v) is 28.3. The summed E-state index contributed by atoms with van der Waals surface area (Å²) in [5.41, 5.74) is 10.8. The molecule has 0 saturated carbocycles. The zero-order chi connectivity index (χ0) is 33.7. The molecule has 4 heteroatoms. The third-order valence-electron chi connectivity index (χ3n) is 9.72. The van der Waals surface area contributed by atoms with E-state index in [-0.39, 0.29) is 0 Å². The maximum atomic E-state index is 6.26. The van der Waals surface area contributed by atoms with Gasteiger partial charge in [0.25, 0.3) is 0 Å². The van der Waals surface area contributed by atoms with Crippen molar-refractivity contribution in [3.63, 3.8) is 0 Å². The summed E-state index contributed by atoms with van der Waals surface area (Å²) in [6.45, 7) is 0. The van der Waals surface area contributed by atoms with E-state index in [4.69, 9.17) is 9.40 Å². The van der Waals surface area contributed by atoms with Crippen LogP contribution in [0.2, 0.25) is 0 Å². The topological polar surface area (TPSA) is 29.3 Å². The van der Waals surface area contributed by atoms with Crippen LogP contribution in [0.4, 0.5) is 17.1 Å². The van der Waals surface area contributed by atoms with E-state index in [9.17, 15) is 0 Å². The molecule has 0 aliphatic heterocycles. The summed E-state index contributed by atoms with van der Waals surface area (Å²) in [4.78, 5) is 7.25. The van der Waals surface area contributed by atoms with Crippen LogP contribution in [-0.2, 0) is 0 Å². The number of nitrogens with zero attached hydrogens (tertiary/aromatic N) is 2. The minimum atomic E-state index is 0.648. The van der Waals surface area contributed by atoms with Gasteiger partial charge in [-0.05, 0) is 82.1 Å². The predicted octanol–water partition coefficient (Wildman–Crippen LogP) is 13.8. The minimum Gasteiger partial charge on any atom is -0.436 e. The van der Waals surface area contributed by atoms with E-state index in [0.29, 0.717) is 5.89 Å². The van der Waals surface area contributed by atoms with Crippen molar-refractivity contribution in [1.29, 1.82) is 0 Å². The van der Waals surface area contributed by atoms with Gasteiger partial charge in [-0.25, -0.2) is 4.98 Å². The normalized spacial score (nSPS) is 11.5. The second-order valence-corrected chi connectivity index (χ2v) is 13.8. The lowest BCUT2D eigenvalue weighted by atomic mass is 9.97. The fourth-order valence-corrected chi connectivity index (χ4v) is 8.51. The molecular formula is C47H30N2OS. The van der Waals surface area contributed by atoms with E-state index >= 15 is 0 Å². The Morgan fingerprint density at radius 3 is 2.06 bits per heavy atom. The Balaban J connectivity index is 1.14. The van der Waals surface area contributed by atoms with E-state index in [1.807, 2.05) is 24.3 Å². The fourth-order valence-electron chi connectivity index (χ4n) is 7.34. The van der Waals surface area contributed by atoms with Crippen molar-refractivity contribution in [2.45, 2.75) is 0 Å². The van der Waals surface area contributed by atoms with Crippen LogP contribution in [0.1, 0.15) is 0 Å². The highest BCUT2D eigenvalue weighted by Crippen LogP contribution is 2.46. The molecule has 8 aromatic carbocycles. The van der Waals surface area contributed by atoms with Crippen LogP contribution in [0.15, 0.2) is 186 Å². The van der Waals surface area contributed by atoms with Crippen molar-refractivity contribution in [3.8, 4) is 33.7 Å². The Kier molecular flexibility index (Phi) is 7.00. The van der Waals surface area contributed by atoms with Gasteiger partial charge in [-0.15, -0.1) is 11.3 Å². The Bertz CT molecular complexity index is 2830. The third kappa shape index (κ3) is 5.08. The summed E-state index contributed by atoms with van der Waals surface area (Å²) in [6, 6.07) is 64.7. The van der Waals surface area contributed by atoms with E-state index in [0.717, 1.165) is 33.7 Å². The van der Waals surface area contributed by atoms with Gasteiger partial charge in [0.15, 0.2) is 5.58 Å². The van der Waals surface area contributed by atoms with Gasteiger partial charge in [0, 0.05) is 42.7 Å². The monoisotopic (exact) mass is 670 g/mol. The van der Waals surface area contributed by atoms with Gasteiger partial charge in [-0.3, -0.25) is 0 Å². The number of thiophene rings is 1. The van der Waals surface area contributed by atoms with E-state index in [1.54, 1.807) is 11.3 Å². The van der Waals surface area contributed by atoms with Crippen molar-refractivity contribution in [2.75, 3.05) is 4.90 Å². The van der Waals surface area contributed by atoms with Gasteiger partial charge < -0.3 is 9.32 Å². The van der Waals surface area contributed by atoms with E-state index in [1.165, 1.54) is 53.2 Å². The molecule has 0 atom stereocenters. The number of oxazole rings is 1. The molecular weight excluding hydrogens is 641 g/mol. The van der Waals surface area contributed by atoms with Crippen LogP contribution >= 0.6 is 11.3 Å². The number of benzene rings is 8. The van der Waals surface area contributed by atoms with Crippen LogP contribution < -0.4 is 4.90 Å². The third-order valence-corrected chi connectivity index (χ3v) is 10.8. The Morgan fingerprint density at radius 1 is 0.471 bits per heavy atom. The van der Waals surface area contributed by atoms with Crippen LogP contribution in [0.3, 0.4) is 0 Å². The van der Waals surface area contributed by atoms with Crippen molar-refractivity contribution in [3.05, 3.63) is 182 Å². The highest BCUT2D eigenvalue weighted by atomic mass is 32.1. The van der Waals surface area contributed by atoms with Gasteiger partial charge in [0.05, 0.1) is 5.69 Å². The average Bonchev–Trinajstić information content (AvgIpc) is 3.80. The van der Waals surface area contributed by atoms with Crippen molar-refractivity contribution in [2.24, 2.45) is 0 Å². The van der Waals surface area contributed by atoms with Crippen molar-refractivity contribution in [1.82, 2.24) is 4.98 Å². The van der Waals surface area contributed by atoms with Gasteiger partial charge in [0.1, 0.15) is 5.52 Å². The summed E-state index contributed by atoms with van der Waals surface area (Å²) >= 11 is 1.80. The maximum Gasteiger partial charge on any atom is 0.227 e. The molecule has 0 radical (unpaired) electrons. The standard InChI is InChI=1S/C47H30N2OS/c1-2-12-32(13-3-1)38-17-6-8-21-42(38)49(34-26-24-33(25-27-34)37-18-10-15-31-14-4-5-16-36(31)37)35-28-29-39-45(30-35)51-44-23-11-19-40(46(39)44)47-48-41-20-7-9-22-43(41)50-47/h1-30H. The lowest BCUT2D eigenvalue weighted by Gasteiger charge is -2.28. The summed E-state index contributed by atoms with van der Waals surface area (Å²) in [7, 11) is 0. The van der Waals surface area contributed by atoms with Gasteiger partial charge in [-0.2, -0.15) is 0 Å². The molecule has 3 nitrogen and oxygen atoms in total. The first-order valence-corrected chi connectivity index (χ1v) is 17.9. The summed E-state index contributed by atoms with van der Waals surface area (Å²) in [5, 5.41) is 4.87. The number of para-hydroxylation sites is 3. The smallest absolute Gasteiger partial charge is 0.227 e. The lowest BCUT2D eigenvalue weighted by molar-refractivity contribution is 0.620. The Labute approximate surface area is 299 Å². The number of rotatable bonds is 6. The molecule has 2 heterocycles. The summed E-state index contributed by atoms with van der Waals surface area (Å²) in [6.07, 6.45) is 0. The molecule has 0 amide bonds. The molecule has 0 unspecified atom stereocenters. The SMILES string of the molecule is c1ccc(-c2ccccc2N(c2ccc(-c3cccc4ccccc34)cc2)c2ccc3c(c2)sc2cccc(-c4nc5ccccc5o4)c23)cc1. The second kappa shape index (κ2) is 12.1. The van der Waals surface area contributed by atoms with Crippen molar-refractivity contribution >= 4 is 70.4 Å². The number of anilines is 3. The fraction of sp³-hybridized carbons (Fsp3) is 0. The van der Waals surface area contributed by atoms with Crippen LogP contribution in [-0.4, -0.2) is 4.98 Å². The predicted molar refractivity (Wildman–Crippen MR) is 215 cm³/mol. The van der Waals surface area contributed by atoms with E-state index < -0.39 is 0 Å². The second-order valence-electron chi connectivity index (χ2n) is 12.7. The molecule has 51 heavy (non-hydrogen) atoms. The number of aromatic nitrogens is 1. The molecule has 0 aliphatic carbocycles. The van der Waals surface area contributed by atoms with Crippen LogP contribution in [0.25, 0.3) is 75.8 Å². The van der Waals surface area contributed by atoms with Crippen LogP contribution in [0, 0.1) is 0 Å². The van der Waals surface area contributed by atoms with Crippen molar-refractivity contribution < 1.29 is 4.42 Å². The molecule has 0 fully saturated rings. The lowest BCUT2D eigenvalue weighted by Crippen LogP contribution is -2.11. The molecule has 0 saturated heterocycles. The molecule has 0 spiro atoms. The highest BCUT2D eigenvalue weighted by Gasteiger charge is 2.20. The van der Waals surface area contributed by atoms with Gasteiger partial charge in [-0.1, -0.05) is 127 Å². The maximum absolute atomic E-state index is 6.26. The summed E-state index contributed by atoms with van der Waals surface area (Å²) in [5.74, 6) is 0.648. The highest BCUT2D eigenvalue weighted by molar-refractivity contribution is 7.26. The Hall–Kier alpha value is -6.49. The van der Waals surface area contributed by atoms with E-state index in [2.05, 4.69) is 163 Å².